The molecule has 4 aromatic rings. The standard InChI is InChI=1S/C26H27BrN3O3P/c1-3-32-34(31,33-4-2)26(28-24-18-12-11-17-23(24)27)22-19-30(21-15-9-6-10-16-21)29-25(22)20-13-7-5-8-14-20/h5-19,26,28H,3-4H2,1-2H3. The summed E-state index contributed by atoms with van der Waals surface area (Å²) in [6.07, 6.45) is 1.90. The lowest BCUT2D eigenvalue weighted by atomic mass is 10.1. The van der Waals surface area contributed by atoms with E-state index in [-0.39, 0.29) is 13.2 Å². The van der Waals surface area contributed by atoms with Crippen molar-refractivity contribution in [2.24, 2.45) is 0 Å². The van der Waals surface area contributed by atoms with Crippen LogP contribution in [-0.2, 0) is 13.6 Å². The lowest BCUT2D eigenvalue weighted by molar-refractivity contribution is 0.214. The molecule has 0 aliphatic carbocycles. The van der Waals surface area contributed by atoms with Crippen molar-refractivity contribution in [3.63, 3.8) is 0 Å². The summed E-state index contributed by atoms with van der Waals surface area (Å²) in [6, 6.07) is 27.4. The average molecular weight is 540 g/mol. The van der Waals surface area contributed by atoms with Crippen molar-refractivity contribution in [3.05, 3.63) is 101 Å². The van der Waals surface area contributed by atoms with E-state index in [1.165, 1.54) is 0 Å². The van der Waals surface area contributed by atoms with E-state index in [9.17, 15) is 4.57 Å². The zero-order valence-corrected chi connectivity index (χ0v) is 21.6. The van der Waals surface area contributed by atoms with E-state index in [4.69, 9.17) is 14.1 Å². The van der Waals surface area contributed by atoms with Crippen LogP contribution in [0.2, 0.25) is 0 Å². The minimum atomic E-state index is -3.65. The quantitative estimate of drug-likeness (QED) is 0.209. The van der Waals surface area contributed by atoms with Crippen LogP contribution in [0.25, 0.3) is 16.9 Å². The van der Waals surface area contributed by atoms with Crippen LogP contribution >= 0.6 is 23.5 Å². The van der Waals surface area contributed by atoms with E-state index in [1.54, 1.807) is 4.68 Å². The first-order valence-corrected chi connectivity index (χ1v) is 13.6. The topological polar surface area (TPSA) is 65.4 Å². The van der Waals surface area contributed by atoms with Crippen LogP contribution < -0.4 is 5.32 Å². The molecule has 0 aliphatic rings. The molecule has 0 saturated heterocycles. The van der Waals surface area contributed by atoms with Crippen LogP contribution in [-0.4, -0.2) is 23.0 Å². The number of rotatable bonds is 10. The largest absolute Gasteiger partial charge is 0.367 e. The highest BCUT2D eigenvalue weighted by atomic mass is 79.9. The second-order valence-corrected chi connectivity index (χ2v) is 10.4. The summed E-state index contributed by atoms with van der Waals surface area (Å²) in [6.45, 7) is 4.12. The van der Waals surface area contributed by atoms with Gasteiger partial charge in [-0.1, -0.05) is 60.7 Å². The molecule has 1 unspecified atom stereocenters. The van der Waals surface area contributed by atoms with Gasteiger partial charge in [-0.2, -0.15) is 5.10 Å². The third-order valence-corrected chi connectivity index (χ3v) is 8.17. The zero-order valence-electron chi connectivity index (χ0n) is 19.1. The SMILES string of the molecule is CCOP(=O)(OCC)C(Nc1ccccc1Br)c1cn(-c2ccccc2)nc1-c1ccccc1. The molecular formula is C26H27BrN3O3P. The highest BCUT2D eigenvalue weighted by molar-refractivity contribution is 9.10. The highest BCUT2D eigenvalue weighted by Gasteiger charge is 2.40. The number of nitrogens with zero attached hydrogens (tertiary/aromatic N) is 2. The van der Waals surface area contributed by atoms with E-state index in [0.29, 0.717) is 5.69 Å². The molecule has 0 aliphatic heterocycles. The predicted octanol–water partition coefficient (Wildman–Crippen LogP) is 7.68. The maximum atomic E-state index is 14.2. The van der Waals surface area contributed by atoms with Gasteiger partial charge in [0.05, 0.1) is 24.6 Å². The van der Waals surface area contributed by atoms with E-state index >= 15 is 0 Å². The smallest absolute Gasteiger partial charge is 0.357 e. The van der Waals surface area contributed by atoms with Crippen LogP contribution in [0.4, 0.5) is 5.69 Å². The van der Waals surface area contributed by atoms with Crippen LogP contribution in [0.3, 0.4) is 0 Å². The van der Waals surface area contributed by atoms with Crippen molar-refractivity contribution in [2.75, 3.05) is 18.5 Å². The van der Waals surface area contributed by atoms with Crippen LogP contribution in [0.1, 0.15) is 25.2 Å². The van der Waals surface area contributed by atoms with Crippen molar-refractivity contribution in [1.82, 2.24) is 9.78 Å². The summed E-state index contributed by atoms with van der Waals surface area (Å²) < 4.78 is 28.5. The van der Waals surface area contributed by atoms with E-state index in [0.717, 1.165) is 27.0 Å². The van der Waals surface area contributed by atoms with Gasteiger partial charge in [-0.15, -0.1) is 0 Å². The van der Waals surface area contributed by atoms with Crippen LogP contribution in [0.5, 0.6) is 0 Å². The number of anilines is 1. The molecule has 4 rings (SSSR count). The van der Waals surface area contributed by atoms with Gasteiger partial charge in [-0.05, 0) is 54.0 Å². The number of halogens is 1. The molecule has 0 radical (unpaired) electrons. The monoisotopic (exact) mass is 539 g/mol. The number of aromatic nitrogens is 2. The molecule has 0 fully saturated rings. The first-order valence-electron chi connectivity index (χ1n) is 11.2. The van der Waals surface area contributed by atoms with Crippen molar-refractivity contribution in [2.45, 2.75) is 19.6 Å². The van der Waals surface area contributed by atoms with Crippen LogP contribution in [0, 0.1) is 0 Å². The van der Waals surface area contributed by atoms with E-state index in [1.807, 2.05) is 105 Å². The third-order valence-electron chi connectivity index (χ3n) is 5.21. The maximum Gasteiger partial charge on any atom is 0.357 e. The molecule has 0 amide bonds. The van der Waals surface area contributed by atoms with E-state index in [2.05, 4.69) is 21.2 Å². The van der Waals surface area contributed by atoms with Gasteiger partial charge >= 0.3 is 7.60 Å². The summed E-state index contributed by atoms with van der Waals surface area (Å²) in [4.78, 5) is 0. The number of nitrogens with one attached hydrogen (secondary N) is 1. The number of benzene rings is 3. The minimum Gasteiger partial charge on any atom is -0.367 e. The summed E-state index contributed by atoms with van der Waals surface area (Å²) in [7, 11) is -3.65. The molecule has 0 bridgehead atoms. The summed E-state index contributed by atoms with van der Waals surface area (Å²) in [5.74, 6) is -0.793. The second kappa shape index (κ2) is 11.2. The van der Waals surface area contributed by atoms with Gasteiger partial charge in [0.15, 0.2) is 5.78 Å². The molecule has 8 heteroatoms. The Hall–Kier alpha value is -2.70. The minimum absolute atomic E-state index is 0.249. The first kappa shape index (κ1) is 24.4. The lowest BCUT2D eigenvalue weighted by Gasteiger charge is -2.28. The van der Waals surface area contributed by atoms with Gasteiger partial charge in [0.25, 0.3) is 0 Å². The fraction of sp³-hybridized carbons (Fsp3) is 0.192. The third kappa shape index (κ3) is 5.34. The Labute approximate surface area is 208 Å². The Morgan fingerprint density at radius 1 is 0.912 bits per heavy atom. The Bertz CT molecular complexity index is 1250. The second-order valence-electron chi connectivity index (χ2n) is 7.48. The number of hydrogen-bond donors (Lipinski definition) is 1. The Morgan fingerprint density at radius 3 is 2.12 bits per heavy atom. The van der Waals surface area contributed by atoms with Crippen molar-refractivity contribution < 1.29 is 13.6 Å². The zero-order chi connectivity index (χ0) is 24.0. The molecule has 1 heterocycles. The Kier molecular flexibility index (Phi) is 8.01. The van der Waals surface area contributed by atoms with Gasteiger partial charge in [-0.25, -0.2) is 4.68 Å². The molecule has 34 heavy (non-hydrogen) atoms. The van der Waals surface area contributed by atoms with Gasteiger partial charge in [0.1, 0.15) is 0 Å². The summed E-state index contributed by atoms with van der Waals surface area (Å²) in [5.41, 5.74) is 4.00. The normalized spacial score (nSPS) is 12.4. The molecule has 3 aromatic carbocycles. The van der Waals surface area contributed by atoms with Crippen LogP contribution in [0.15, 0.2) is 95.6 Å². The maximum absolute atomic E-state index is 14.2. The highest BCUT2D eigenvalue weighted by Crippen LogP contribution is 2.62. The molecule has 1 aromatic heterocycles. The van der Waals surface area contributed by atoms with Crippen molar-refractivity contribution in [3.8, 4) is 16.9 Å². The molecule has 1 N–H and O–H groups in total. The summed E-state index contributed by atoms with van der Waals surface area (Å²) in [5, 5.41) is 8.34. The Morgan fingerprint density at radius 2 is 1.50 bits per heavy atom. The predicted molar refractivity (Wildman–Crippen MR) is 140 cm³/mol. The molecule has 0 saturated carbocycles. The Balaban J connectivity index is 1.93. The van der Waals surface area contributed by atoms with E-state index < -0.39 is 13.4 Å². The molecule has 1 atom stereocenters. The van der Waals surface area contributed by atoms with Gasteiger partial charge in [-0.3, -0.25) is 4.57 Å². The fourth-order valence-electron chi connectivity index (χ4n) is 3.72. The van der Waals surface area contributed by atoms with Crippen molar-refractivity contribution in [1.29, 1.82) is 0 Å². The first-order chi connectivity index (χ1) is 16.6. The summed E-state index contributed by atoms with van der Waals surface area (Å²) >= 11 is 3.59. The van der Waals surface area contributed by atoms with Gasteiger partial charge in [0.2, 0.25) is 0 Å². The van der Waals surface area contributed by atoms with Gasteiger partial charge < -0.3 is 14.4 Å². The average Bonchev–Trinajstić information content (AvgIpc) is 3.30. The number of para-hydroxylation sites is 2. The molecule has 0 spiro atoms. The molecule has 176 valence electrons. The van der Waals surface area contributed by atoms with Crippen molar-refractivity contribution >= 4 is 29.2 Å². The lowest BCUT2D eigenvalue weighted by Crippen LogP contribution is -2.16. The number of hydrogen-bond acceptors (Lipinski definition) is 5. The van der Waals surface area contributed by atoms with Gasteiger partial charge in [0, 0.05) is 27.5 Å². The molecular weight excluding hydrogens is 513 g/mol. The molecule has 6 nitrogen and oxygen atoms in total. The fourth-order valence-corrected chi connectivity index (χ4v) is 6.04.